The molecule has 0 amide bonds. The van der Waals surface area contributed by atoms with Crippen LogP contribution in [0, 0.1) is 5.92 Å². The lowest BCUT2D eigenvalue weighted by molar-refractivity contribution is 0.0195. The second kappa shape index (κ2) is 3.97. The summed E-state index contributed by atoms with van der Waals surface area (Å²) in [5.41, 5.74) is 0.404. The van der Waals surface area contributed by atoms with Crippen LogP contribution in [0.3, 0.4) is 0 Å². The zero-order valence-corrected chi connectivity index (χ0v) is 9.61. The van der Waals surface area contributed by atoms with Gasteiger partial charge in [0.25, 0.3) is 0 Å². The third-order valence-electron chi connectivity index (χ3n) is 3.28. The van der Waals surface area contributed by atoms with Crippen molar-refractivity contribution in [3.8, 4) is 0 Å². The van der Waals surface area contributed by atoms with E-state index in [2.05, 4.69) is 5.10 Å². The van der Waals surface area contributed by atoms with E-state index in [1.54, 1.807) is 4.68 Å². The molecular formula is C12H20N2O. The largest absolute Gasteiger partial charge is 0.390 e. The molecule has 3 nitrogen and oxygen atoms in total. The molecule has 0 aromatic carbocycles. The molecule has 0 saturated heterocycles. The first-order valence-corrected chi connectivity index (χ1v) is 5.76. The molecule has 2 rings (SSSR count). The van der Waals surface area contributed by atoms with Crippen LogP contribution in [0.4, 0.5) is 0 Å². The van der Waals surface area contributed by atoms with Crippen LogP contribution in [0.1, 0.15) is 38.3 Å². The fourth-order valence-corrected chi connectivity index (χ4v) is 2.34. The van der Waals surface area contributed by atoms with Gasteiger partial charge in [-0.05, 0) is 25.3 Å². The highest BCUT2D eigenvalue weighted by Gasteiger charge is 2.29. The third kappa shape index (κ3) is 2.81. The fraction of sp³-hybridized carbons (Fsp3) is 0.750. The van der Waals surface area contributed by atoms with Gasteiger partial charge in [-0.15, -0.1) is 0 Å². The standard InChI is InChI=1S/C12H20N2O/c1-12(15,8-10-4-3-5-10)9-11-6-7-14(2)13-11/h6-7,10,15H,3-5,8-9H2,1-2H3. The smallest absolute Gasteiger partial charge is 0.0678 e. The van der Waals surface area contributed by atoms with E-state index in [9.17, 15) is 5.11 Å². The summed E-state index contributed by atoms with van der Waals surface area (Å²) in [6, 6.07) is 1.98. The third-order valence-corrected chi connectivity index (χ3v) is 3.28. The van der Waals surface area contributed by atoms with Crippen LogP contribution in [0.25, 0.3) is 0 Å². The van der Waals surface area contributed by atoms with Crippen LogP contribution in [0.15, 0.2) is 12.3 Å². The van der Waals surface area contributed by atoms with Gasteiger partial charge in [-0.3, -0.25) is 4.68 Å². The first kappa shape index (κ1) is 10.7. The van der Waals surface area contributed by atoms with Crippen molar-refractivity contribution < 1.29 is 5.11 Å². The molecule has 3 heteroatoms. The Morgan fingerprint density at radius 2 is 2.33 bits per heavy atom. The molecule has 1 fully saturated rings. The van der Waals surface area contributed by atoms with Gasteiger partial charge in [-0.25, -0.2) is 0 Å². The number of hydrogen-bond acceptors (Lipinski definition) is 2. The monoisotopic (exact) mass is 208 g/mol. The topological polar surface area (TPSA) is 38.0 Å². The normalized spacial score (nSPS) is 21.0. The lowest BCUT2D eigenvalue weighted by atomic mass is 9.76. The molecule has 1 aromatic heterocycles. The Kier molecular flexibility index (Phi) is 2.83. The average Bonchev–Trinajstić information content (AvgIpc) is 2.43. The summed E-state index contributed by atoms with van der Waals surface area (Å²) in [4.78, 5) is 0. The van der Waals surface area contributed by atoms with Gasteiger partial charge in [0.05, 0.1) is 11.3 Å². The van der Waals surface area contributed by atoms with E-state index < -0.39 is 5.60 Å². The van der Waals surface area contributed by atoms with Crippen LogP contribution in [0.2, 0.25) is 0 Å². The number of aromatic nitrogens is 2. The van der Waals surface area contributed by atoms with Crippen LogP contribution < -0.4 is 0 Å². The van der Waals surface area contributed by atoms with Crippen molar-refractivity contribution in [1.82, 2.24) is 9.78 Å². The molecule has 1 unspecified atom stereocenters. The molecule has 1 heterocycles. The van der Waals surface area contributed by atoms with Crippen LogP contribution >= 0.6 is 0 Å². The van der Waals surface area contributed by atoms with Gasteiger partial charge >= 0.3 is 0 Å². The van der Waals surface area contributed by atoms with E-state index in [0.29, 0.717) is 6.42 Å². The average molecular weight is 208 g/mol. The van der Waals surface area contributed by atoms with Gasteiger partial charge in [-0.2, -0.15) is 5.10 Å². The second-order valence-corrected chi connectivity index (χ2v) is 5.16. The molecule has 15 heavy (non-hydrogen) atoms. The van der Waals surface area contributed by atoms with Crippen molar-refractivity contribution in [2.24, 2.45) is 13.0 Å². The van der Waals surface area contributed by atoms with Crippen molar-refractivity contribution >= 4 is 0 Å². The number of nitrogens with zero attached hydrogens (tertiary/aromatic N) is 2. The van der Waals surface area contributed by atoms with Crippen molar-refractivity contribution in [2.45, 2.75) is 44.6 Å². The summed E-state index contributed by atoms with van der Waals surface area (Å²) >= 11 is 0. The number of hydrogen-bond donors (Lipinski definition) is 1. The minimum absolute atomic E-state index is 0.584. The zero-order chi connectivity index (χ0) is 10.9. The SMILES string of the molecule is Cn1ccc(CC(C)(O)CC2CCC2)n1. The Morgan fingerprint density at radius 3 is 2.80 bits per heavy atom. The first-order chi connectivity index (χ1) is 7.05. The van der Waals surface area contributed by atoms with E-state index >= 15 is 0 Å². The Hall–Kier alpha value is -0.830. The summed E-state index contributed by atoms with van der Waals surface area (Å²) < 4.78 is 1.79. The van der Waals surface area contributed by atoms with Gasteiger partial charge in [0.2, 0.25) is 0 Å². The van der Waals surface area contributed by atoms with Gasteiger partial charge < -0.3 is 5.11 Å². The van der Waals surface area contributed by atoms with E-state index in [4.69, 9.17) is 0 Å². The molecule has 84 valence electrons. The van der Waals surface area contributed by atoms with Crippen molar-refractivity contribution in [3.63, 3.8) is 0 Å². The number of aliphatic hydroxyl groups is 1. The van der Waals surface area contributed by atoms with Crippen LogP contribution in [-0.2, 0) is 13.5 Å². The highest BCUT2D eigenvalue weighted by atomic mass is 16.3. The van der Waals surface area contributed by atoms with E-state index in [1.165, 1.54) is 19.3 Å². The first-order valence-electron chi connectivity index (χ1n) is 5.76. The fourth-order valence-electron chi connectivity index (χ4n) is 2.34. The number of aryl methyl sites for hydroxylation is 1. The summed E-state index contributed by atoms with van der Waals surface area (Å²) in [6.45, 7) is 1.93. The molecular weight excluding hydrogens is 188 g/mol. The van der Waals surface area contributed by atoms with Gasteiger partial charge in [0, 0.05) is 19.7 Å². The minimum atomic E-state index is -0.584. The van der Waals surface area contributed by atoms with Crippen molar-refractivity contribution in [1.29, 1.82) is 0 Å². The van der Waals surface area contributed by atoms with E-state index in [1.807, 2.05) is 26.2 Å². The molecule has 1 aliphatic carbocycles. The quantitative estimate of drug-likeness (QED) is 0.820. The van der Waals surface area contributed by atoms with Gasteiger partial charge in [0.15, 0.2) is 0 Å². The molecule has 0 spiro atoms. The zero-order valence-electron chi connectivity index (χ0n) is 9.61. The predicted octanol–water partition coefficient (Wildman–Crippen LogP) is 1.90. The molecule has 1 saturated carbocycles. The minimum Gasteiger partial charge on any atom is -0.390 e. The summed E-state index contributed by atoms with van der Waals surface area (Å²) in [5.74, 6) is 0.740. The highest BCUT2D eigenvalue weighted by Crippen LogP contribution is 2.34. The second-order valence-electron chi connectivity index (χ2n) is 5.16. The lowest BCUT2D eigenvalue weighted by Crippen LogP contribution is -2.32. The molecule has 1 atom stereocenters. The van der Waals surface area contributed by atoms with Gasteiger partial charge in [-0.1, -0.05) is 19.3 Å². The molecule has 1 aliphatic rings. The van der Waals surface area contributed by atoms with Gasteiger partial charge in [0.1, 0.15) is 0 Å². The maximum Gasteiger partial charge on any atom is 0.0678 e. The molecule has 0 radical (unpaired) electrons. The Bertz CT molecular complexity index is 326. The Labute approximate surface area is 91.1 Å². The van der Waals surface area contributed by atoms with Crippen LogP contribution in [-0.4, -0.2) is 20.5 Å². The van der Waals surface area contributed by atoms with E-state index in [0.717, 1.165) is 18.0 Å². The highest BCUT2D eigenvalue weighted by molar-refractivity contribution is 5.03. The molecule has 0 bridgehead atoms. The van der Waals surface area contributed by atoms with E-state index in [-0.39, 0.29) is 0 Å². The van der Waals surface area contributed by atoms with Crippen molar-refractivity contribution in [2.75, 3.05) is 0 Å². The summed E-state index contributed by atoms with van der Waals surface area (Å²) in [6.07, 6.45) is 7.43. The molecule has 1 N–H and O–H groups in total. The summed E-state index contributed by atoms with van der Waals surface area (Å²) in [5, 5.41) is 14.6. The maximum atomic E-state index is 10.3. The molecule has 1 aromatic rings. The predicted molar refractivity (Wildman–Crippen MR) is 59.5 cm³/mol. The van der Waals surface area contributed by atoms with Crippen LogP contribution in [0.5, 0.6) is 0 Å². The Balaban J connectivity index is 1.90. The maximum absolute atomic E-state index is 10.3. The number of rotatable bonds is 4. The van der Waals surface area contributed by atoms with Crippen molar-refractivity contribution in [3.05, 3.63) is 18.0 Å². The lowest BCUT2D eigenvalue weighted by Gasteiger charge is -2.33. The Morgan fingerprint density at radius 1 is 1.60 bits per heavy atom. The molecule has 0 aliphatic heterocycles. The summed E-state index contributed by atoms with van der Waals surface area (Å²) in [7, 11) is 1.91.